The monoisotopic (exact) mass is 504 g/mol. The Morgan fingerprint density at radius 1 is 1.00 bits per heavy atom. The molecule has 0 aliphatic carbocycles. The van der Waals surface area contributed by atoms with Crippen LogP contribution in [-0.4, -0.2) is 32.8 Å². The highest BCUT2D eigenvalue weighted by Gasteiger charge is 2.21. The minimum absolute atomic E-state index is 0.213. The van der Waals surface area contributed by atoms with Gasteiger partial charge in [-0.3, -0.25) is 9.52 Å². The lowest BCUT2D eigenvalue weighted by molar-refractivity contribution is 0.609. The number of benzene rings is 2. The van der Waals surface area contributed by atoms with Gasteiger partial charge < -0.3 is 0 Å². The third kappa shape index (κ3) is 4.63. The maximum atomic E-state index is 13.0. The lowest BCUT2D eigenvalue weighted by atomic mass is 10.2. The number of anilines is 1. The van der Waals surface area contributed by atoms with Crippen molar-refractivity contribution in [2.45, 2.75) is 6.92 Å². The Kier molecular flexibility index (Phi) is 5.79. The molecule has 2 aromatic carbocycles. The van der Waals surface area contributed by atoms with Gasteiger partial charge in [0.1, 0.15) is 10.6 Å². The van der Waals surface area contributed by atoms with Gasteiger partial charge in [-0.1, -0.05) is 71.5 Å². The molecule has 176 valence electrons. The van der Waals surface area contributed by atoms with Gasteiger partial charge in [0, 0.05) is 12.6 Å². The quantitative estimate of drug-likeness (QED) is 0.375. The van der Waals surface area contributed by atoms with Gasteiger partial charge in [-0.15, -0.1) is 10.2 Å². The fraction of sp³-hybridized carbons (Fsp3) is 0.0833. The summed E-state index contributed by atoms with van der Waals surface area (Å²) in [4.78, 5) is 17.4. The maximum absolute atomic E-state index is 13.0. The van der Waals surface area contributed by atoms with Crippen LogP contribution in [0.5, 0.6) is 0 Å². The summed E-state index contributed by atoms with van der Waals surface area (Å²) in [6.45, 7) is 1.96. The maximum Gasteiger partial charge on any atom is 0.279 e. The second kappa shape index (κ2) is 8.93. The summed E-state index contributed by atoms with van der Waals surface area (Å²) in [5.41, 5.74) is 3.31. The first-order valence-corrected chi connectivity index (χ1v) is 12.9. The molecule has 1 N–H and O–H groups in total. The molecule has 0 fully saturated rings. The van der Waals surface area contributed by atoms with Crippen molar-refractivity contribution >= 4 is 38.8 Å². The largest absolute Gasteiger partial charge is 0.279 e. The van der Waals surface area contributed by atoms with E-state index in [4.69, 9.17) is 0 Å². The highest BCUT2D eigenvalue weighted by molar-refractivity contribution is 7.95. The number of sulfonamides is 1. The molecule has 3 heterocycles. The molecule has 0 aliphatic rings. The molecule has 11 heteroatoms. The topological polar surface area (TPSA) is 111 Å². The van der Waals surface area contributed by atoms with Gasteiger partial charge in [0.15, 0.2) is 10.7 Å². The predicted octanol–water partition coefficient (Wildman–Crippen LogP) is 3.94. The number of rotatable bonds is 6. The van der Waals surface area contributed by atoms with E-state index in [1.54, 1.807) is 7.05 Å². The standard InChI is InChI=1S/C24H20N6O3S2/c1-16-8-10-17(11-9-16)12-13-35(32,33)28-19-14-25-21-20(24(31)29(2)30(21)15-19)23-27-26-22(34-23)18-6-4-3-5-7-18/h3-15,28H,1-2H3/b13-12+. The first-order chi connectivity index (χ1) is 16.8. The van der Waals surface area contributed by atoms with Gasteiger partial charge in [0.2, 0.25) is 0 Å². The van der Waals surface area contributed by atoms with Crippen molar-refractivity contribution in [2.75, 3.05) is 4.72 Å². The van der Waals surface area contributed by atoms with Crippen molar-refractivity contribution in [2.24, 2.45) is 7.05 Å². The van der Waals surface area contributed by atoms with E-state index < -0.39 is 10.0 Å². The third-order valence-corrected chi connectivity index (χ3v) is 7.30. The minimum atomic E-state index is -3.80. The molecule has 5 rings (SSSR count). The number of nitrogens with one attached hydrogen (secondary N) is 1. The average molecular weight is 505 g/mol. The van der Waals surface area contributed by atoms with Crippen LogP contribution >= 0.6 is 11.3 Å². The highest BCUT2D eigenvalue weighted by Crippen LogP contribution is 2.30. The molecule has 3 aromatic heterocycles. The molecule has 0 amide bonds. The van der Waals surface area contributed by atoms with Crippen molar-refractivity contribution in [1.29, 1.82) is 0 Å². The van der Waals surface area contributed by atoms with E-state index in [-0.39, 0.29) is 11.2 Å². The molecule has 0 radical (unpaired) electrons. The molecule has 35 heavy (non-hydrogen) atoms. The molecule has 0 unspecified atom stereocenters. The Morgan fingerprint density at radius 2 is 1.71 bits per heavy atom. The van der Waals surface area contributed by atoms with E-state index in [2.05, 4.69) is 19.9 Å². The predicted molar refractivity (Wildman–Crippen MR) is 138 cm³/mol. The molecule has 5 aromatic rings. The molecular formula is C24H20N6O3S2. The number of aromatic nitrogens is 5. The van der Waals surface area contributed by atoms with Gasteiger partial charge >= 0.3 is 0 Å². The molecule has 0 saturated carbocycles. The van der Waals surface area contributed by atoms with Crippen LogP contribution in [0.3, 0.4) is 0 Å². The van der Waals surface area contributed by atoms with Crippen LogP contribution < -0.4 is 10.3 Å². The zero-order valence-corrected chi connectivity index (χ0v) is 20.4. The second-order valence-electron chi connectivity index (χ2n) is 7.85. The highest BCUT2D eigenvalue weighted by atomic mass is 32.2. The van der Waals surface area contributed by atoms with Crippen molar-refractivity contribution in [1.82, 2.24) is 24.4 Å². The van der Waals surface area contributed by atoms with E-state index >= 15 is 0 Å². The minimum Gasteiger partial charge on any atom is -0.277 e. The van der Waals surface area contributed by atoms with Gasteiger partial charge in [-0.05, 0) is 18.6 Å². The number of hydrogen-bond acceptors (Lipinski definition) is 7. The van der Waals surface area contributed by atoms with E-state index in [9.17, 15) is 13.2 Å². The van der Waals surface area contributed by atoms with E-state index in [0.29, 0.717) is 21.2 Å². The van der Waals surface area contributed by atoms with Crippen LogP contribution in [0.1, 0.15) is 11.1 Å². The summed E-state index contributed by atoms with van der Waals surface area (Å²) in [5, 5.41) is 10.6. The van der Waals surface area contributed by atoms with Crippen LogP contribution in [0.4, 0.5) is 5.69 Å². The van der Waals surface area contributed by atoms with Crippen LogP contribution in [0.15, 0.2) is 77.2 Å². The number of nitrogens with zero attached hydrogens (tertiary/aromatic N) is 5. The second-order valence-corrected chi connectivity index (χ2v) is 10.4. The van der Waals surface area contributed by atoms with Gasteiger partial charge in [-0.2, -0.15) is 0 Å². The fourth-order valence-electron chi connectivity index (χ4n) is 3.48. The van der Waals surface area contributed by atoms with E-state index in [1.807, 2.05) is 61.5 Å². The summed E-state index contributed by atoms with van der Waals surface area (Å²) in [7, 11) is -2.22. The Hall–Kier alpha value is -4.09. The van der Waals surface area contributed by atoms with Gasteiger partial charge in [0.05, 0.1) is 23.5 Å². The Balaban J connectivity index is 1.46. The molecule has 0 atom stereocenters. The number of hydrogen-bond donors (Lipinski definition) is 1. The molecule has 0 bridgehead atoms. The first-order valence-electron chi connectivity index (χ1n) is 10.5. The van der Waals surface area contributed by atoms with Gasteiger partial charge in [-0.25, -0.2) is 22.6 Å². The summed E-state index contributed by atoms with van der Waals surface area (Å²) >= 11 is 1.29. The first kappa shape index (κ1) is 22.7. The van der Waals surface area contributed by atoms with E-state index in [1.165, 1.54) is 39.0 Å². The van der Waals surface area contributed by atoms with Crippen molar-refractivity contribution in [3.63, 3.8) is 0 Å². The number of aryl methyl sites for hydroxylation is 2. The Bertz CT molecular complexity index is 1720. The summed E-state index contributed by atoms with van der Waals surface area (Å²) < 4.78 is 30.5. The van der Waals surface area contributed by atoms with Crippen molar-refractivity contribution in [3.8, 4) is 21.1 Å². The summed E-state index contributed by atoms with van der Waals surface area (Å²) in [6.07, 6.45) is 4.38. The zero-order valence-electron chi connectivity index (χ0n) is 18.8. The Morgan fingerprint density at radius 3 is 2.46 bits per heavy atom. The molecule has 9 nitrogen and oxygen atoms in total. The van der Waals surface area contributed by atoms with Crippen LogP contribution in [0, 0.1) is 6.92 Å². The normalized spacial score (nSPS) is 11.9. The summed E-state index contributed by atoms with van der Waals surface area (Å²) in [5.74, 6) is 0. The smallest absolute Gasteiger partial charge is 0.277 e. The lowest BCUT2D eigenvalue weighted by Gasteiger charge is -2.06. The van der Waals surface area contributed by atoms with Crippen LogP contribution in [-0.2, 0) is 17.1 Å². The van der Waals surface area contributed by atoms with Crippen LogP contribution in [0.25, 0.3) is 32.9 Å². The zero-order chi connectivity index (χ0) is 24.6. The van der Waals surface area contributed by atoms with E-state index in [0.717, 1.165) is 22.1 Å². The van der Waals surface area contributed by atoms with Gasteiger partial charge in [0.25, 0.3) is 15.6 Å². The average Bonchev–Trinajstić information content (AvgIpc) is 3.42. The molecule has 0 saturated heterocycles. The Labute approximate surface area is 205 Å². The SMILES string of the molecule is Cc1ccc(/C=C/S(=O)(=O)Nc2cnc3c(-c4nnc(-c5ccccc5)s4)c(=O)n(C)n3c2)cc1. The molecular weight excluding hydrogens is 484 g/mol. The van der Waals surface area contributed by atoms with Crippen molar-refractivity contribution < 1.29 is 8.42 Å². The van der Waals surface area contributed by atoms with Crippen molar-refractivity contribution in [3.05, 3.63) is 93.9 Å². The van der Waals surface area contributed by atoms with Crippen LogP contribution in [0.2, 0.25) is 0 Å². The molecule has 0 spiro atoms. The lowest BCUT2D eigenvalue weighted by Crippen LogP contribution is -2.16. The summed E-state index contributed by atoms with van der Waals surface area (Å²) in [6, 6.07) is 17.0. The fourth-order valence-corrected chi connectivity index (χ4v) is 5.20. The number of fused-ring (bicyclic) bond motifs is 1. The molecule has 0 aliphatic heterocycles. The third-order valence-electron chi connectivity index (χ3n) is 5.30.